The number of hydrogen-bond donors (Lipinski definition) is 1. The summed E-state index contributed by atoms with van der Waals surface area (Å²) in [5, 5.41) is 4.68. The van der Waals surface area contributed by atoms with Crippen molar-refractivity contribution in [2.75, 3.05) is 13.7 Å². The highest BCUT2D eigenvalue weighted by Crippen LogP contribution is 2.23. The number of thiophene rings is 1. The first-order chi connectivity index (χ1) is 7.79. The molecule has 1 aromatic rings. The van der Waals surface area contributed by atoms with Crippen molar-refractivity contribution >= 4 is 17.2 Å². The summed E-state index contributed by atoms with van der Waals surface area (Å²) >= 11 is 1.38. The number of amides is 1. The van der Waals surface area contributed by atoms with Crippen LogP contribution in [-0.4, -0.2) is 19.6 Å². The van der Waals surface area contributed by atoms with Gasteiger partial charge in [-0.1, -0.05) is 0 Å². The lowest BCUT2D eigenvalue weighted by Crippen LogP contribution is -2.23. The molecule has 0 radical (unpaired) electrons. The maximum atomic E-state index is 11.7. The Morgan fingerprint density at radius 2 is 2.44 bits per heavy atom. The van der Waals surface area contributed by atoms with Gasteiger partial charge in [-0.25, -0.2) is 0 Å². The number of terminal acetylenes is 1. The fourth-order valence-corrected chi connectivity index (χ4v) is 2.03. The minimum Gasteiger partial charge on any atom is -0.495 e. The summed E-state index contributed by atoms with van der Waals surface area (Å²) < 4.78 is 5.07. The molecule has 1 aromatic heterocycles. The zero-order chi connectivity index (χ0) is 11.8. The van der Waals surface area contributed by atoms with Crippen molar-refractivity contribution in [1.29, 1.82) is 0 Å². The van der Waals surface area contributed by atoms with Crippen molar-refractivity contribution in [1.82, 2.24) is 5.32 Å². The molecule has 0 fully saturated rings. The molecule has 1 rings (SSSR count). The van der Waals surface area contributed by atoms with E-state index in [9.17, 15) is 4.79 Å². The molecule has 4 heteroatoms. The molecule has 0 aliphatic rings. The van der Waals surface area contributed by atoms with E-state index in [4.69, 9.17) is 11.2 Å². The second-order valence-electron chi connectivity index (χ2n) is 3.24. The summed E-state index contributed by atoms with van der Waals surface area (Å²) in [7, 11) is 1.56. The van der Waals surface area contributed by atoms with Gasteiger partial charge in [0.05, 0.1) is 7.11 Å². The Morgan fingerprint density at radius 1 is 1.62 bits per heavy atom. The molecule has 0 saturated carbocycles. The lowest BCUT2D eigenvalue weighted by molar-refractivity contribution is 0.0954. The van der Waals surface area contributed by atoms with E-state index in [2.05, 4.69) is 11.2 Å². The maximum Gasteiger partial charge on any atom is 0.265 e. The van der Waals surface area contributed by atoms with Gasteiger partial charge in [0.2, 0.25) is 0 Å². The third-order valence-electron chi connectivity index (χ3n) is 2.09. The van der Waals surface area contributed by atoms with E-state index in [0.29, 0.717) is 17.2 Å². The van der Waals surface area contributed by atoms with Gasteiger partial charge < -0.3 is 10.1 Å². The van der Waals surface area contributed by atoms with Gasteiger partial charge in [-0.15, -0.1) is 23.7 Å². The van der Waals surface area contributed by atoms with Crippen LogP contribution >= 0.6 is 11.3 Å². The Balaban J connectivity index is 2.33. The number of carbonyl (C=O) groups excluding carboxylic acids is 1. The summed E-state index contributed by atoms with van der Waals surface area (Å²) in [5.41, 5.74) is 0. The molecule has 86 valence electrons. The Morgan fingerprint density at radius 3 is 3.12 bits per heavy atom. The van der Waals surface area contributed by atoms with Crippen LogP contribution in [0.2, 0.25) is 0 Å². The quantitative estimate of drug-likeness (QED) is 0.609. The second-order valence-corrected chi connectivity index (χ2v) is 4.15. The molecule has 0 aromatic carbocycles. The van der Waals surface area contributed by atoms with Gasteiger partial charge >= 0.3 is 0 Å². The molecule has 0 aliphatic heterocycles. The van der Waals surface area contributed by atoms with E-state index in [1.165, 1.54) is 11.3 Å². The molecule has 0 aliphatic carbocycles. The van der Waals surface area contributed by atoms with Crippen LogP contribution in [0.15, 0.2) is 11.4 Å². The van der Waals surface area contributed by atoms with E-state index in [-0.39, 0.29) is 5.91 Å². The topological polar surface area (TPSA) is 38.3 Å². The summed E-state index contributed by atoms with van der Waals surface area (Å²) in [6, 6.07) is 1.79. The van der Waals surface area contributed by atoms with Gasteiger partial charge in [-0.3, -0.25) is 4.79 Å². The Labute approximate surface area is 99.8 Å². The zero-order valence-electron chi connectivity index (χ0n) is 9.29. The number of methoxy groups -OCH3 is 1. The van der Waals surface area contributed by atoms with Crippen LogP contribution in [0.25, 0.3) is 0 Å². The molecule has 1 amide bonds. The average Bonchev–Trinajstić information content (AvgIpc) is 2.76. The molecular weight excluding hydrogens is 222 g/mol. The fraction of sp³-hybridized carbons (Fsp3) is 0.417. The normalized spacial score (nSPS) is 9.50. The first kappa shape index (κ1) is 12.6. The van der Waals surface area contributed by atoms with Gasteiger partial charge in [-0.2, -0.15) is 0 Å². The highest BCUT2D eigenvalue weighted by Gasteiger charge is 2.12. The van der Waals surface area contributed by atoms with E-state index < -0.39 is 0 Å². The van der Waals surface area contributed by atoms with Crippen LogP contribution in [0.3, 0.4) is 0 Å². The second kappa shape index (κ2) is 6.91. The summed E-state index contributed by atoms with van der Waals surface area (Å²) in [5.74, 6) is 3.13. The summed E-state index contributed by atoms with van der Waals surface area (Å²) in [6.45, 7) is 0.654. The first-order valence-corrected chi connectivity index (χ1v) is 6.00. The number of ether oxygens (including phenoxy) is 1. The number of unbranched alkanes of at least 4 members (excludes halogenated alkanes) is 2. The maximum absolute atomic E-state index is 11.7. The fourth-order valence-electron chi connectivity index (χ4n) is 1.26. The molecule has 16 heavy (non-hydrogen) atoms. The molecule has 0 unspecified atom stereocenters. The van der Waals surface area contributed by atoms with Crippen molar-refractivity contribution < 1.29 is 9.53 Å². The van der Waals surface area contributed by atoms with Gasteiger partial charge in [0.25, 0.3) is 5.91 Å². The predicted octanol–water partition coefficient (Wildman–Crippen LogP) is 2.29. The average molecular weight is 237 g/mol. The van der Waals surface area contributed by atoms with Crippen molar-refractivity contribution in [2.24, 2.45) is 0 Å². The monoisotopic (exact) mass is 237 g/mol. The molecule has 3 nitrogen and oxygen atoms in total. The Kier molecular flexibility index (Phi) is 5.44. The molecule has 1 heterocycles. The first-order valence-electron chi connectivity index (χ1n) is 5.12. The predicted molar refractivity (Wildman–Crippen MR) is 65.9 cm³/mol. The van der Waals surface area contributed by atoms with Crippen LogP contribution in [0.1, 0.15) is 28.9 Å². The number of rotatable bonds is 6. The molecule has 0 atom stereocenters. The number of hydrogen-bond acceptors (Lipinski definition) is 3. The minimum atomic E-state index is -0.0763. The van der Waals surface area contributed by atoms with Crippen LogP contribution in [0.5, 0.6) is 5.75 Å². The highest BCUT2D eigenvalue weighted by molar-refractivity contribution is 7.12. The van der Waals surface area contributed by atoms with Crippen LogP contribution < -0.4 is 10.1 Å². The number of nitrogens with one attached hydrogen (secondary N) is 1. The lowest BCUT2D eigenvalue weighted by atomic mass is 10.2. The third-order valence-corrected chi connectivity index (χ3v) is 2.98. The highest BCUT2D eigenvalue weighted by atomic mass is 32.1. The van der Waals surface area contributed by atoms with Crippen molar-refractivity contribution in [3.05, 3.63) is 16.3 Å². The van der Waals surface area contributed by atoms with Crippen LogP contribution in [0, 0.1) is 12.3 Å². The van der Waals surface area contributed by atoms with Gasteiger partial charge in [0.15, 0.2) is 0 Å². The van der Waals surface area contributed by atoms with Gasteiger partial charge in [0, 0.05) is 13.0 Å². The number of carbonyl (C=O) groups is 1. The SMILES string of the molecule is C#CCCCCNC(=O)c1sccc1OC. The summed E-state index contributed by atoms with van der Waals surface area (Å²) in [4.78, 5) is 12.3. The van der Waals surface area contributed by atoms with E-state index in [1.807, 2.05) is 5.38 Å². The van der Waals surface area contributed by atoms with Crippen LogP contribution in [0.4, 0.5) is 0 Å². The lowest BCUT2D eigenvalue weighted by Gasteiger charge is -2.04. The molecule has 1 N–H and O–H groups in total. The smallest absolute Gasteiger partial charge is 0.265 e. The van der Waals surface area contributed by atoms with Crippen molar-refractivity contribution in [3.8, 4) is 18.1 Å². The minimum absolute atomic E-state index is 0.0763. The Hall–Kier alpha value is -1.47. The molecule has 0 spiro atoms. The molecular formula is C12H15NO2S. The van der Waals surface area contributed by atoms with Crippen LogP contribution in [-0.2, 0) is 0 Å². The molecule has 0 saturated heterocycles. The Bertz CT molecular complexity index is 379. The molecule has 0 bridgehead atoms. The van der Waals surface area contributed by atoms with E-state index in [0.717, 1.165) is 19.3 Å². The van der Waals surface area contributed by atoms with E-state index >= 15 is 0 Å². The largest absolute Gasteiger partial charge is 0.495 e. The van der Waals surface area contributed by atoms with Crippen molar-refractivity contribution in [3.63, 3.8) is 0 Å². The van der Waals surface area contributed by atoms with Gasteiger partial charge in [0.1, 0.15) is 10.6 Å². The van der Waals surface area contributed by atoms with E-state index in [1.54, 1.807) is 13.2 Å². The van der Waals surface area contributed by atoms with Gasteiger partial charge in [-0.05, 0) is 24.3 Å². The zero-order valence-corrected chi connectivity index (χ0v) is 10.1. The third kappa shape index (κ3) is 3.59. The standard InChI is InChI=1S/C12H15NO2S/c1-3-4-5-6-8-13-12(14)11-10(15-2)7-9-16-11/h1,7,9H,4-6,8H2,2H3,(H,13,14). The van der Waals surface area contributed by atoms with Crippen molar-refractivity contribution in [2.45, 2.75) is 19.3 Å². The summed E-state index contributed by atoms with van der Waals surface area (Å²) in [6.07, 6.45) is 7.74.